The van der Waals surface area contributed by atoms with E-state index >= 15 is 0 Å². The molecule has 0 unspecified atom stereocenters. The van der Waals surface area contributed by atoms with E-state index in [2.05, 4.69) is 49.2 Å². The van der Waals surface area contributed by atoms with Gasteiger partial charge in [-0.25, -0.2) is 0 Å². The maximum Gasteiger partial charge on any atom is 0.239 e. The molecule has 0 atom stereocenters. The lowest BCUT2D eigenvalue weighted by atomic mass is 10.1. The minimum Gasteiger partial charge on any atom is -0.285 e. The highest BCUT2D eigenvalue weighted by molar-refractivity contribution is 8.15. The van der Waals surface area contributed by atoms with Crippen molar-refractivity contribution in [1.29, 1.82) is 0 Å². The second kappa shape index (κ2) is 7.66. The molecule has 0 radical (unpaired) electrons. The average Bonchev–Trinajstić information content (AvgIpc) is 2.92. The molecule has 5 heteroatoms. The van der Waals surface area contributed by atoms with E-state index in [0.29, 0.717) is 17.5 Å². The summed E-state index contributed by atoms with van der Waals surface area (Å²) in [6, 6.07) is 14.3. The average molecular weight is 351 g/mol. The first kappa shape index (κ1) is 17.4. The summed E-state index contributed by atoms with van der Waals surface area (Å²) in [6.45, 7) is 6.72. The molecule has 0 saturated carbocycles. The number of hydrogen-bond donors (Lipinski definition) is 0. The third-order valence-electron chi connectivity index (χ3n) is 4.21. The Morgan fingerprint density at radius 3 is 2.68 bits per heavy atom. The van der Waals surface area contributed by atoms with Gasteiger partial charge in [0.1, 0.15) is 0 Å². The minimum atomic E-state index is 0.0775. The van der Waals surface area contributed by atoms with Gasteiger partial charge in [0, 0.05) is 0 Å². The normalized spacial score (nSPS) is 16.4. The van der Waals surface area contributed by atoms with Gasteiger partial charge in [-0.15, -0.1) is 5.10 Å². The zero-order valence-corrected chi connectivity index (χ0v) is 15.5. The van der Waals surface area contributed by atoms with E-state index in [-0.39, 0.29) is 5.91 Å². The van der Waals surface area contributed by atoms with Crippen molar-refractivity contribution < 1.29 is 4.79 Å². The second-order valence-corrected chi connectivity index (χ2v) is 7.12. The number of thioether (sulfide) groups is 1. The first-order valence-electron chi connectivity index (χ1n) is 8.20. The van der Waals surface area contributed by atoms with Crippen LogP contribution in [0.4, 0.5) is 0 Å². The van der Waals surface area contributed by atoms with Crippen LogP contribution in [0, 0.1) is 20.8 Å². The van der Waals surface area contributed by atoms with Crippen LogP contribution in [0.5, 0.6) is 0 Å². The number of benzene rings is 2. The van der Waals surface area contributed by atoms with Crippen LogP contribution in [0.25, 0.3) is 0 Å². The summed E-state index contributed by atoms with van der Waals surface area (Å²) in [5, 5.41) is 9.17. The smallest absolute Gasteiger partial charge is 0.239 e. The molecule has 25 heavy (non-hydrogen) atoms. The molecule has 1 saturated heterocycles. The lowest BCUT2D eigenvalue weighted by Gasteiger charge is -2.16. The van der Waals surface area contributed by atoms with Crippen LogP contribution in [0.3, 0.4) is 0 Å². The molecule has 0 aliphatic carbocycles. The van der Waals surface area contributed by atoms with Crippen molar-refractivity contribution in [2.24, 2.45) is 10.2 Å². The number of nitrogens with zero attached hydrogens (tertiary/aromatic N) is 3. The number of hydrogen-bond acceptors (Lipinski definition) is 4. The lowest BCUT2D eigenvalue weighted by Crippen LogP contribution is -2.29. The molecule has 2 aromatic carbocycles. The first-order valence-corrected chi connectivity index (χ1v) is 9.19. The number of amides is 1. The topological polar surface area (TPSA) is 45.0 Å². The molecule has 1 aliphatic heterocycles. The Balaban J connectivity index is 1.78. The Morgan fingerprint density at radius 1 is 1.12 bits per heavy atom. The van der Waals surface area contributed by atoms with E-state index in [1.165, 1.54) is 22.9 Å². The van der Waals surface area contributed by atoms with Crippen molar-refractivity contribution in [3.8, 4) is 0 Å². The quantitative estimate of drug-likeness (QED) is 0.615. The molecule has 3 rings (SSSR count). The zero-order chi connectivity index (χ0) is 17.8. The number of amidine groups is 1. The highest BCUT2D eigenvalue weighted by Crippen LogP contribution is 2.23. The van der Waals surface area contributed by atoms with Crippen LogP contribution in [-0.4, -0.2) is 27.9 Å². The summed E-state index contributed by atoms with van der Waals surface area (Å²) in [6.07, 6.45) is 1.75. The number of carbonyl (C=O) groups excluding carboxylic acids is 1. The lowest BCUT2D eigenvalue weighted by molar-refractivity contribution is -0.124. The molecule has 0 aromatic heterocycles. The maximum absolute atomic E-state index is 12.2. The van der Waals surface area contributed by atoms with Crippen LogP contribution in [0.15, 0.2) is 52.7 Å². The molecule has 4 nitrogen and oxygen atoms in total. The molecular formula is C20H21N3OS. The summed E-state index contributed by atoms with van der Waals surface area (Å²) in [4.78, 5) is 13.9. The SMILES string of the molecule is Cc1ccc(/C=N\N=C2/SCC(=O)N2Cc2ccccc2C)c(C)c1. The molecule has 1 heterocycles. The molecule has 2 aromatic rings. The van der Waals surface area contributed by atoms with E-state index < -0.39 is 0 Å². The van der Waals surface area contributed by atoms with Gasteiger partial charge >= 0.3 is 0 Å². The fourth-order valence-corrected chi connectivity index (χ4v) is 3.53. The van der Waals surface area contributed by atoms with Crippen molar-refractivity contribution >= 4 is 29.1 Å². The highest BCUT2D eigenvalue weighted by atomic mass is 32.2. The molecule has 1 amide bonds. The van der Waals surface area contributed by atoms with Gasteiger partial charge in [0.15, 0.2) is 5.17 Å². The molecule has 0 bridgehead atoms. The monoisotopic (exact) mass is 351 g/mol. The predicted molar refractivity (Wildman–Crippen MR) is 105 cm³/mol. The summed E-state index contributed by atoms with van der Waals surface area (Å²) in [5.41, 5.74) is 5.72. The molecule has 0 N–H and O–H groups in total. The van der Waals surface area contributed by atoms with Crippen LogP contribution >= 0.6 is 11.8 Å². The van der Waals surface area contributed by atoms with E-state index in [1.54, 1.807) is 11.1 Å². The molecule has 1 aliphatic rings. The maximum atomic E-state index is 12.2. The molecular weight excluding hydrogens is 330 g/mol. The van der Waals surface area contributed by atoms with Crippen LogP contribution in [0.1, 0.15) is 27.8 Å². The fourth-order valence-electron chi connectivity index (χ4n) is 2.70. The molecule has 128 valence electrons. The van der Waals surface area contributed by atoms with Crippen molar-refractivity contribution in [2.45, 2.75) is 27.3 Å². The Kier molecular flexibility index (Phi) is 5.34. The van der Waals surface area contributed by atoms with Gasteiger partial charge in [-0.1, -0.05) is 59.8 Å². The third-order valence-corrected chi connectivity index (χ3v) is 5.16. The van der Waals surface area contributed by atoms with Crippen LogP contribution < -0.4 is 0 Å². The van der Waals surface area contributed by atoms with E-state index in [9.17, 15) is 4.79 Å². The second-order valence-electron chi connectivity index (χ2n) is 6.18. The summed E-state index contributed by atoms with van der Waals surface area (Å²) in [5.74, 6) is 0.498. The Labute approximate surface area is 152 Å². The van der Waals surface area contributed by atoms with E-state index in [4.69, 9.17) is 0 Å². The third kappa shape index (κ3) is 4.17. The standard InChI is InChI=1S/C20H21N3OS/c1-14-8-9-17(16(3)10-14)11-21-22-20-23(19(24)13-25-20)12-18-7-5-4-6-15(18)2/h4-11H,12-13H2,1-3H3/b21-11-,22-20-. The fraction of sp³-hybridized carbons (Fsp3) is 0.250. The Morgan fingerprint density at radius 2 is 1.92 bits per heavy atom. The number of carbonyl (C=O) groups is 1. The largest absolute Gasteiger partial charge is 0.285 e. The van der Waals surface area contributed by atoms with Gasteiger partial charge in [0.2, 0.25) is 5.91 Å². The van der Waals surface area contributed by atoms with Gasteiger partial charge in [0.05, 0.1) is 18.5 Å². The highest BCUT2D eigenvalue weighted by Gasteiger charge is 2.28. The first-order chi connectivity index (χ1) is 12.0. The molecule has 0 spiro atoms. The van der Waals surface area contributed by atoms with Crippen molar-refractivity contribution in [3.63, 3.8) is 0 Å². The van der Waals surface area contributed by atoms with Crippen molar-refractivity contribution in [2.75, 3.05) is 5.75 Å². The Bertz CT molecular complexity index is 858. The molecule has 1 fully saturated rings. The van der Waals surface area contributed by atoms with Crippen LogP contribution in [-0.2, 0) is 11.3 Å². The van der Waals surface area contributed by atoms with Crippen molar-refractivity contribution in [1.82, 2.24) is 4.90 Å². The minimum absolute atomic E-state index is 0.0775. The summed E-state index contributed by atoms with van der Waals surface area (Å²) >= 11 is 1.44. The van der Waals surface area contributed by atoms with Gasteiger partial charge in [0.25, 0.3) is 0 Å². The summed E-state index contributed by atoms with van der Waals surface area (Å²) < 4.78 is 0. The number of aryl methyl sites for hydroxylation is 3. The zero-order valence-electron chi connectivity index (χ0n) is 14.7. The van der Waals surface area contributed by atoms with Gasteiger partial charge in [-0.2, -0.15) is 5.10 Å². The predicted octanol–water partition coefficient (Wildman–Crippen LogP) is 4.08. The van der Waals surface area contributed by atoms with Gasteiger partial charge in [-0.05, 0) is 43.0 Å². The Hall–Kier alpha value is -2.40. The van der Waals surface area contributed by atoms with E-state index in [0.717, 1.165) is 16.7 Å². The van der Waals surface area contributed by atoms with Gasteiger partial charge in [-0.3, -0.25) is 9.69 Å². The van der Waals surface area contributed by atoms with E-state index in [1.807, 2.05) is 24.3 Å². The van der Waals surface area contributed by atoms with Crippen molar-refractivity contribution in [3.05, 3.63) is 70.3 Å². The number of rotatable bonds is 4. The van der Waals surface area contributed by atoms with Crippen LogP contribution in [0.2, 0.25) is 0 Å². The summed E-state index contributed by atoms with van der Waals surface area (Å²) in [7, 11) is 0. The van der Waals surface area contributed by atoms with Gasteiger partial charge < -0.3 is 0 Å².